The molecule has 0 bridgehead atoms. The van der Waals surface area contributed by atoms with Gasteiger partial charge in [-0.1, -0.05) is 0 Å². The maximum absolute atomic E-state index is 8.96. The third-order valence-electron chi connectivity index (χ3n) is 1.20. The lowest BCUT2D eigenvalue weighted by Gasteiger charge is -1.96. The molecule has 0 amide bonds. The average molecular weight is 122 g/mol. The summed E-state index contributed by atoms with van der Waals surface area (Å²) < 4.78 is 0. The fourth-order valence-electron chi connectivity index (χ4n) is 0.655. The quantitative estimate of drug-likeness (QED) is 0.522. The highest BCUT2D eigenvalue weighted by molar-refractivity contribution is 5.43. The molecule has 1 radical (unpaired) electrons. The van der Waals surface area contributed by atoms with Crippen LogP contribution in [0.1, 0.15) is 5.56 Å². The minimum Gasteiger partial charge on any atom is -0.508 e. The number of aryl methyl sites for hydroxylation is 1. The molecule has 1 aromatic rings. The van der Waals surface area contributed by atoms with Gasteiger partial charge in [-0.05, 0) is 30.7 Å². The highest BCUT2D eigenvalue weighted by Crippen LogP contribution is 2.18. The highest BCUT2D eigenvalue weighted by atomic mass is 16.3. The molecule has 1 aromatic carbocycles. The van der Waals surface area contributed by atoms with E-state index in [1.807, 2.05) is 0 Å². The molecule has 0 atom stereocenters. The van der Waals surface area contributed by atoms with Crippen molar-refractivity contribution in [1.29, 1.82) is 0 Å². The first-order chi connectivity index (χ1) is 4.20. The van der Waals surface area contributed by atoms with E-state index in [4.69, 9.17) is 10.8 Å². The van der Waals surface area contributed by atoms with E-state index in [9.17, 15) is 0 Å². The second-order valence-corrected chi connectivity index (χ2v) is 2.00. The molecule has 0 aliphatic rings. The summed E-state index contributed by atoms with van der Waals surface area (Å²) in [6.45, 7) is 1.77. The molecule has 0 aliphatic heterocycles. The smallest absolute Gasteiger partial charge is 0.118 e. The van der Waals surface area contributed by atoms with Crippen molar-refractivity contribution < 1.29 is 5.11 Å². The van der Waals surface area contributed by atoms with Crippen molar-refractivity contribution in [1.82, 2.24) is 5.73 Å². The van der Waals surface area contributed by atoms with Gasteiger partial charge in [0.25, 0.3) is 0 Å². The zero-order valence-electron chi connectivity index (χ0n) is 5.18. The molecule has 1 rings (SSSR count). The molecule has 0 heterocycles. The van der Waals surface area contributed by atoms with Crippen molar-refractivity contribution in [3.05, 3.63) is 23.8 Å². The van der Waals surface area contributed by atoms with E-state index in [2.05, 4.69) is 0 Å². The first-order valence-corrected chi connectivity index (χ1v) is 2.71. The molecular weight excluding hydrogens is 114 g/mol. The number of nitrogens with one attached hydrogen (secondary N) is 1. The summed E-state index contributed by atoms with van der Waals surface area (Å²) in [7, 11) is 0. The minimum absolute atomic E-state index is 0.256. The summed E-state index contributed by atoms with van der Waals surface area (Å²) in [6, 6.07) is 4.70. The lowest BCUT2D eigenvalue weighted by atomic mass is 10.2. The molecule has 0 aromatic heterocycles. The molecule has 2 nitrogen and oxygen atoms in total. The number of benzene rings is 1. The van der Waals surface area contributed by atoms with Crippen LogP contribution in [0.15, 0.2) is 18.2 Å². The van der Waals surface area contributed by atoms with E-state index in [1.165, 1.54) is 6.07 Å². The van der Waals surface area contributed by atoms with Crippen LogP contribution in [0.5, 0.6) is 5.75 Å². The largest absolute Gasteiger partial charge is 0.508 e. The van der Waals surface area contributed by atoms with Gasteiger partial charge < -0.3 is 10.8 Å². The summed E-state index contributed by atoms with van der Waals surface area (Å²) in [4.78, 5) is 0. The summed E-state index contributed by atoms with van der Waals surface area (Å²) in [5.74, 6) is 0.256. The number of hydrogen-bond acceptors (Lipinski definition) is 1. The first-order valence-electron chi connectivity index (χ1n) is 2.71. The Morgan fingerprint density at radius 1 is 1.44 bits per heavy atom. The molecule has 2 N–H and O–H groups in total. The van der Waals surface area contributed by atoms with E-state index in [-0.39, 0.29) is 5.75 Å². The van der Waals surface area contributed by atoms with Gasteiger partial charge in [0.2, 0.25) is 0 Å². The molecular formula is C7H8NO. The topological polar surface area (TPSA) is 44.0 Å². The van der Waals surface area contributed by atoms with E-state index in [1.54, 1.807) is 19.1 Å². The molecule has 0 aliphatic carbocycles. The van der Waals surface area contributed by atoms with Crippen molar-refractivity contribution in [3.63, 3.8) is 0 Å². The number of aromatic hydroxyl groups is 1. The Morgan fingerprint density at radius 2 is 2.11 bits per heavy atom. The Bertz CT molecular complexity index is 220. The second-order valence-electron chi connectivity index (χ2n) is 2.00. The zero-order chi connectivity index (χ0) is 6.85. The molecule has 0 fully saturated rings. The SMILES string of the molecule is Cc1cc([NH])ccc1O. The normalized spacial score (nSPS) is 9.44. The van der Waals surface area contributed by atoms with Crippen molar-refractivity contribution in [3.8, 4) is 5.75 Å². The highest BCUT2D eigenvalue weighted by Gasteiger charge is 1.92. The molecule has 0 unspecified atom stereocenters. The molecule has 9 heavy (non-hydrogen) atoms. The maximum atomic E-state index is 8.96. The minimum atomic E-state index is 0.256. The van der Waals surface area contributed by atoms with Crippen LogP contribution >= 0.6 is 0 Å². The fraction of sp³-hybridized carbons (Fsp3) is 0.143. The van der Waals surface area contributed by atoms with Crippen LogP contribution in [0.25, 0.3) is 0 Å². The lowest BCUT2D eigenvalue weighted by molar-refractivity contribution is 0.471. The molecule has 2 heteroatoms. The van der Waals surface area contributed by atoms with Crippen molar-refractivity contribution >= 4 is 5.69 Å². The van der Waals surface area contributed by atoms with Gasteiger partial charge in [-0.3, -0.25) is 0 Å². The standard InChI is InChI=1S/C7H8NO/c1-5-4-6(8)2-3-7(5)9/h2-4,8-9H,1H3. The van der Waals surface area contributed by atoms with Crippen molar-refractivity contribution in [2.24, 2.45) is 0 Å². The van der Waals surface area contributed by atoms with E-state index >= 15 is 0 Å². The van der Waals surface area contributed by atoms with Gasteiger partial charge in [0.15, 0.2) is 0 Å². The van der Waals surface area contributed by atoms with E-state index in [0.29, 0.717) is 5.69 Å². The summed E-state index contributed by atoms with van der Waals surface area (Å²) in [6.07, 6.45) is 0. The Labute approximate surface area is 53.9 Å². The lowest BCUT2D eigenvalue weighted by Crippen LogP contribution is -1.74. The van der Waals surface area contributed by atoms with Crippen molar-refractivity contribution in [2.45, 2.75) is 6.92 Å². The number of hydrogen-bond donors (Lipinski definition) is 1. The molecule has 0 saturated heterocycles. The van der Waals surface area contributed by atoms with Gasteiger partial charge in [0.1, 0.15) is 5.75 Å². The number of phenols is 1. The van der Waals surface area contributed by atoms with Gasteiger partial charge >= 0.3 is 0 Å². The predicted octanol–water partition coefficient (Wildman–Crippen LogP) is 1.62. The Hall–Kier alpha value is -1.18. The fourth-order valence-corrected chi connectivity index (χ4v) is 0.655. The molecule has 0 spiro atoms. The van der Waals surface area contributed by atoms with Gasteiger partial charge in [-0.15, -0.1) is 0 Å². The Morgan fingerprint density at radius 3 is 2.56 bits per heavy atom. The maximum Gasteiger partial charge on any atom is 0.118 e. The predicted molar refractivity (Wildman–Crippen MR) is 35.6 cm³/mol. The summed E-state index contributed by atoms with van der Waals surface area (Å²) in [5, 5.41) is 8.96. The monoisotopic (exact) mass is 122 g/mol. The summed E-state index contributed by atoms with van der Waals surface area (Å²) in [5.41, 5.74) is 8.31. The van der Waals surface area contributed by atoms with Crippen LogP contribution in [0, 0.1) is 6.92 Å². The van der Waals surface area contributed by atoms with Crippen LogP contribution in [0.3, 0.4) is 0 Å². The van der Waals surface area contributed by atoms with Crippen LogP contribution in [-0.4, -0.2) is 5.11 Å². The van der Waals surface area contributed by atoms with Crippen LogP contribution in [0.2, 0.25) is 0 Å². The summed E-state index contributed by atoms with van der Waals surface area (Å²) >= 11 is 0. The Balaban J connectivity index is 3.17. The number of rotatable bonds is 0. The molecule has 0 saturated carbocycles. The van der Waals surface area contributed by atoms with Crippen LogP contribution in [-0.2, 0) is 0 Å². The second kappa shape index (κ2) is 1.97. The van der Waals surface area contributed by atoms with Crippen LogP contribution < -0.4 is 5.73 Å². The van der Waals surface area contributed by atoms with E-state index in [0.717, 1.165) is 5.56 Å². The van der Waals surface area contributed by atoms with Gasteiger partial charge in [-0.25, -0.2) is 0 Å². The molecule has 47 valence electrons. The van der Waals surface area contributed by atoms with Gasteiger partial charge in [0.05, 0.1) is 5.69 Å². The first kappa shape index (κ1) is 5.95. The van der Waals surface area contributed by atoms with Gasteiger partial charge in [-0.2, -0.15) is 0 Å². The van der Waals surface area contributed by atoms with Gasteiger partial charge in [0, 0.05) is 0 Å². The Kier molecular flexibility index (Phi) is 1.30. The van der Waals surface area contributed by atoms with Crippen molar-refractivity contribution in [2.75, 3.05) is 0 Å². The third kappa shape index (κ3) is 1.13. The third-order valence-corrected chi connectivity index (χ3v) is 1.20. The van der Waals surface area contributed by atoms with Crippen LogP contribution in [0.4, 0.5) is 5.69 Å². The average Bonchev–Trinajstić information content (AvgIpc) is 1.80. The zero-order valence-corrected chi connectivity index (χ0v) is 5.18. The number of phenolic OH excluding ortho intramolecular Hbond substituents is 1. The van der Waals surface area contributed by atoms with E-state index < -0.39 is 0 Å².